The minimum Gasteiger partial charge on any atom is -0.366 e. The molecule has 15 heavy (non-hydrogen) atoms. The van der Waals surface area contributed by atoms with Gasteiger partial charge in [0.25, 0.3) is 10.1 Å². The summed E-state index contributed by atoms with van der Waals surface area (Å²) in [4.78, 5) is 10.1. The molecule has 3 N–H and O–H groups in total. The number of carbonyl (C=O) groups is 1. The number of amides is 1. The lowest BCUT2D eigenvalue weighted by molar-refractivity contribution is -0.114. The van der Waals surface area contributed by atoms with Crippen molar-refractivity contribution in [3.05, 3.63) is 11.6 Å². The summed E-state index contributed by atoms with van der Waals surface area (Å²) in [7, 11) is -3.72. The van der Waals surface area contributed by atoms with Crippen LogP contribution >= 0.6 is 0 Å². The van der Waals surface area contributed by atoms with Gasteiger partial charge >= 0.3 is 0 Å². The van der Waals surface area contributed by atoms with E-state index in [-0.39, 0.29) is 17.6 Å². The summed E-state index contributed by atoms with van der Waals surface area (Å²) in [6.07, 6.45) is 1.68. The SMILES string of the molecule is CC(C)CS(=O)(=O)O.CC=C(C)C(N)=O. The second kappa shape index (κ2) is 7.42. The third-order valence-electron chi connectivity index (χ3n) is 1.37. The Kier molecular flexibility index (Phi) is 8.18. The molecule has 0 aliphatic heterocycles. The van der Waals surface area contributed by atoms with Gasteiger partial charge in [0.05, 0.1) is 5.75 Å². The summed E-state index contributed by atoms with van der Waals surface area (Å²) in [5, 5.41) is 0. The molecule has 0 aromatic rings. The summed E-state index contributed by atoms with van der Waals surface area (Å²) in [5.41, 5.74) is 5.45. The number of nitrogens with two attached hydrogens (primary N) is 1. The molecule has 5 nitrogen and oxygen atoms in total. The van der Waals surface area contributed by atoms with E-state index in [0.29, 0.717) is 5.57 Å². The Hall–Kier alpha value is -0.880. The second-order valence-corrected chi connectivity index (χ2v) is 4.98. The van der Waals surface area contributed by atoms with E-state index >= 15 is 0 Å². The normalized spacial score (nSPS) is 12.0. The molecule has 0 atom stereocenters. The van der Waals surface area contributed by atoms with Crippen molar-refractivity contribution in [3.63, 3.8) is 0 Å². The molecule has 0 aliphatic carbocycles. The Morgan fingerprint density at radius 1 is 1.47 bits per heavy atom. The van der Waals surface area contributed by atoms with Crippen LogP contribution in [0.5, 0.6) is 0 Å². The Labute approximate surface area is 91.1 Å². The highest BCUT2D eigenvalue weighted by molar-refractivity contribution is 7.85. The van der Waals surface area contributed by atoms with Gasteiger partial charge in [-0.1, -0.05) is 19.9 Å². The Bertz CT molecular complexity index is 317. The molecule has 0 aromatic carbocycles. The van der Waals surface area contributed by atoms with Gasteiger partial charge < -0.3 is 5.73 Å². The van der Waals surface area contributed by atoms with Gasteiger partial charge in [-0.3, -0.25) is 9.35 Å². The number of hydrogen-bond acceptors (Lipinski definition) is 3. The van der Waals surface area contributed by atoms with Crippen LogP contribution in [0.3, 0.4) is 0 Å². The van der Waals surface area contributed by atoms with Gasteiger partial charge in [0.1, 0.15) is 0 Å². The number of rotatable bonds is 3. The highest BCUT2D eigenvalue weighted by Gasteiger charge is 2.06. The topological polar surface area (TPSA) is 97.5 Å². The van der Waals surface area contributed by atoms with E-state index in [1.54, 1.807) is 33.8 Å². The quantitative estimate of drug-likeness (QED) is 0.564. The maximum atomic E-state index is 10.1. The zero-order chi connectivity index (χ0) is 12.6. The molecule has 90 valence electrons. The van der Waals surface area contributed by atoms with Gasteiger partial charge in [-0.2, -0.15) is 8.42 Å². The molecule has 1 amide bonds. The highest BCUT2D eigenvalue weighted by atomic mass is 32.2. The smallest absolute Gasteiger partial charge is 0.265 e. The largest absolute Gasteiger partial charge is 0.366 e. The lowest BCUT2D eigenvalue weighted by Gasteiger charge is -1.97. The van der Waals surface area contributed by atoms with Crippen LogP contribution in [0.15, 0.2) is 11.6 Å². The second-order valence-electron chi connectivity index (χ2n) is 3.48. The van der Waals surface area contributed by atoms with Crippen LogP contribution in [0.2, 0.25) is 0 Å². The first-order valence-electron chi connectivity index (χ1n) is 4.48. The fourth-order valence-electron chi connectivity index (χ4n) is 0.563. The first-order chi connectivity index (χ1) is 6.60. The van der Waals surface area contributed by atoms with Gasteiger partial charge in [0.15, 0.2) is 0 Å². The van der Waals surface area contributed by atoms with Gasteiger partial charge in [-0.05, 0) is 19.8 Å². The Balaban J connectivity index is 0. The van der Waals surface area contributed by atoms with Gasteiger partial charge in [-0.25, -0.2) is 0 Å². The fraction of sp³-hybridized carbons (Fsp3) is 0.667. The summed E-state index contributed by atoms with van der Waals surface area (Å²) in [6.45, 7) is 6.92. The first kappa shape index (κ1) is 16.5. The van der Waals surface area contributed by atoms with E-state index in [9.17, 15) is 13.2 Å². The fourth-order valence-corrected chi connectivity index (χ4v) is 1.41. The Morgan fingerprint density at radius 2 is 1.87 bits per heavy atom. The molecule has 6 heteroatoms. The molecule has 0 bridgehead atoms. The van der Waals surface area contributed by atoms with Crippen molar-refractivity contribution < 1.29 is 17.8 Å². The molecule has 0 radical (unpaired) electrons. The van der Waals surface area contributed by atoms with Crippen LogP contribution < -0.4 is 5.73 Å². The third kappa shape index (κ3) is 15.8. The van der Waals surface area contributed by atoms with Crippen molar-refractivity contribution in [2.75, 3.05) is 5.75 Å². The Morgan fingerprint density at radius 3 is 1.87 bits per heavy atom. The lowest BCUT2D eigenvalue weighted by Crippen LogP contribution is -2.10. The van der Waals surface area contributed by atoms with E-state index in [0.717, 1.165) is 0 Å². The molecule has 0 aliphatic rings. The average molecular weight is 237 g/mol. The number of hydrogen-bond donors (Lipinski definition) is 2. The molecule has 0 aromatic heterocycles. The minimum absolute atomic E-state index is 0.00463. The molecule has 0 saturated heterocycles. The average Bonchev–Trinajstić information content (AvgIpc) is 1.99. The molecule has 0 unspecified atom stereocenters. The van der Waals surface area contributed by atoms with Crippen LogP contribution in [-0.2, 0) is 14.9 Å². The van der Waals surface area contributed by atoms with Crippen molar-refractivity contribution in [1.82, 2.24) is 0 Å². The summed E-state index contributed by atoms with van der Waals surface area (Å²) >= 11 is 0. The zero-order valence-corrected chi connectivity index (χ0v) is 10.3. The number of primary amides is 1. The first-order valence-corrected chi connectivity index (χ1v) is 6.09. The van der Waals surface area contributed by atoms with Crippen LogP contribution in [0.4, 0.5) is 0 Å². The predicted molar refractivity (Wildman–Crippen MR) is 59.9 cm³/mol. The van der Waals surface area contributed by atoms with Crippen molar-refractivity contribution in [3.8, 4) is 0 Å². The van der Waals surface area contributed by atoms with Crippen molar-refractivity contribution in [2.24, 2.45) is 11.7 Å². The summed E-state index contributed by atoms with van der Waals surface area (Å²) < 4.78 is 28.2. The maximum Gasteiger partial charge on any atom is 0.265 e. The van der Waals surface area contributed by atoms with Crippen LogP contribution in [-0.4, -0.2) is 24.6 Å². The zero-order valence-electron chi connectivity index (χ0n) is 9.52. The maximum absolute atomic E-state index is 10.1. The molecule has 0 heterocycles. The van der Waals surface area contributed by atoms with Crippen molar-refractivity contribution in [1.29, 1.82) is 0 Å². The molecular formula is C9H19NO4S. The van der Waals surface area contributed by atoms with E-state index < -0.39 is 10.1 Å². The molecule has 0 saturated carbocycles. The summed E-state index contributed by atoms with van der Waals surface area (Å²) in [5.74, 6) is -0.486. The molecule has 0 fully saturated rings. The molecule has 0 spiro atoms. The van der Waals surface area contributed by atoms with Gasteiger partial charge in [-0.15, -0.1) is 0 Å². The molecular weight excluding hydrogens is 218 g/mol. The van der Waals surface area contributed by atoms with Gasteiger partial charge in [0.2, 0.25) is 5.91 Å². The summed E-state index contributed by atoms with van der Waals surface area (Å²) in [6, 6.07) is 0. The van der Waals surface area contributed by atoms with E-state index in [1.165, 1.54) is 0 Å². The van der Waals surface area contributed by atoms with Crippen LogP contribution in [0.1, 0.15) is 27.7 Å². The van der Waals surface area contributed by atoms with E-state index in [1.807, 2.05) is 0 Å². The lowest BCUT2D eigenvalue weighted by atomic mass is 10.3. The van der Waals surface area contributed by atoms with Crippen molar-refractivity contribution in [2.45, 2.75) is 27.7 Å². The standard InChI is InChI=1S/C5H9NO.C4H10O3S/c1-3-4(2)5(6)7;1-4(2)3-8(5,6)7/h3H,1-2H3,(H2,6,7);4H,3H2,1-2H3,(H,5,6,7). The van der Waals surface area contributed by atoms with Crippen LogP contribution in [0.25, 0.3) is 0 Å². The van der Waals surface area contributed by atoms with Crippen LogP contribution in [0, 0.1) is 5.92 Å². The van der Waals surface area contributed by atoms with E-state index in [2.05, 4.69) is 0 Å². The highest BCUT2D eigenvalue weighted by Crippen LogP contribution is 1.95. The minimum atomic E-state index is -3.72. The predicted octanol–water partition coefficient (Wildman–Crippen LogP) is 0.968. The monoisotopic (exact) mass is 237 g/mol. The number of allylic oxidation sites excluding steroid dienone is 1. The van der Waals surface area contributed by atoms with E-state index in [4.69, 9.17) is 10.3 Å². The van der Waals surface area contributed by atoms with Gasteiger partial charge in [0, 0.05) is 5.57 Å². The number of carbonyl (C=O) groups excluding carboxylic acids is 1. The molecule has 0 rings (SSSR count). The third-order valence-corrected chi connectivity index (χ3v) is 2.45. The van der Waals surface area contributed by atoms with Crippen molar-refractivity contribution >= 4 is 16.0 Å².